The molecule has 19 heavy (non-hydrogen) atoms. The molecule has 96 valence electrons. The van der Waals surface area contributed by atoms with E-state index in [9.17, 15) is 4.39 Å². The van der Waals surface area contributed by atoms with Crippen molar-refractivity contribution in [3.05, 3.63) is 59.1 Å². The fourth-order valence-corrected chi connectivity index (χ4v) is 2.44. The van der Waals surface area contributed by atoms with E-state index in [1.165, 1.54) is 6.07 Å². The summed E-state index contributed by atoms with van der Waals surface area (Å²) >= 11 is 11.7. The molecule has 0 spiro atoms. The number of hydrogen-bond donors (Lipinski definition) is 0. The van der Waals surface area contributed by atoms with Crippen molar-refractivity contribution >= 4 is 34.2 Å². The third-order valence-corrected chi connectivity index (χ3v) is 3.37. The third-order valence-electron chi connectivity index (χ3n) is 2.90. The van der Waals surface area contributed by atoms with E-state index in [1.807, 2.05) is 24.3 Å². The summed E-state index contributed by atoms with van der Waals surface area (Å²) in [4.78, 5) is 4.40. The van der Waals surface area contributed by atoms with Gasteiger partial charge in [0.05, 0.1) is 22.6 Å². The van der Waals surface area contributed by atoms with Gasteiger partial charge in [0.2, 0.25) is 0 Å². The van der Waals surface area contributed by atoms with Gasteiger partial charge in [-0.05, 0) is 30.3 Å². The fraction of sp³-hybridized carbons (Fsp3) is 0.0714. The van der Waals surface area contributed by atoms with Crippen LogP contribution in [0.2, 0.25) is 5.02 Å². The van der Waals surface area contributed by atoms with Crippen LogP contribution in [0.4, 0.5) is 4.39 Å². The van der Waals surface area contributed by atoms with Crippen LogP contribution in [-0.4, -0.2) is 9.55 Å². The van der Waals surface area contributed by atoms with Crippen molar-refractivity contribution in [2.75, 3.05) is 0 Å². The standard InChI is InChI=1S/C14H9Cl2FN2/c15-8-14-18-11-3-1-2-4-13(11)19(14)12-6-5-9(16)7-10(12)17/h1-7H,8H2. The van der Waals surface area contributed by atoms with Crippen molar-refractivity contribution in [3.63, 3.8) is 0 Å². The molecule has 3 rings (SSSR count). The van der Waals surface area contributed by atoms with Gasteiger partial charge in [-0.1, -0.05) is 23.7 Å². The number of aromatic nitrogens is 2. The molecule has 3 aromatic rings. The lowest BCUT2D eigenvalue weighted by molar-refractivity contribution is 0.618. The number of imidazole rings is 1. The first-order chi connectivity index (χ1) is 9.20. The second-order valence-corrected chi connectivity index (χ2v) is 4.79. The zero-order valence-electron chi connectivity index (χ0n) is 9.78. The lowest BCUT2D eigenvalue weighted by atomic mass is 10.2. The number of halogens is 3. The normalized spacial score (nSPS) is 11.1. The van der Waals surface area contributed by atoms with Crippen LogP contribution in [0.25, 0.3) is 16.7 Å². The molecule has 2 nitrogen and oxygen atoms in total. The molecule has 0 atom stereocenters. The zero-order chi connectivity index (χ0) is 13.4. The van der Waals surface area contributed by atoms with Gasteiger partial charge in [0, 0.05) is 5.02 Å². The summed E-state index contributed by atoms with van der Waals surface area (Å²) in [6.07, 6.45) is 0. The first kappa shape index (κ1) is 12.5. The molecule has 0 unspecified atom stereocenters. The van der Waals surface area contributed by atoms with Gasteiger partial charge in [-0.3, -0.25) is 4.57 Å². The number of nitrogens with zero attached hydrogens (tertiary/aromatic N) is 2. The summed E-state index contributed by atoms with van der Waals surface area (Å²) in [5.74, 6) is 0.405. The van der Waals surface area contributed by atoms with Crippen molar-refractivity contribution < 1.29 is 4.39 Å². The Morgan fingerprint density at radius 1 is 1.16 bits per heavy atom. The summed E-state index contributed by atoms with van der Waals surface area (Å²) < 4.78 is 15.8. The highest BCUT2D eigenvalue weighted by Gasteiger charge is 2.14. The number of para-hydroxylation sites is 2. The first-order valence-corrected chi connectivity index (χ1v) is 6.59. The maximum absolute atomic E-state index is 14.1. The second kappa shape index (κ2) is 4.83. The van der Waals surface area contributed by atoms with Crippen LogP contribution in [0.15, 0.2) is 42.5 Å². The van der Waals surface area contributed by atoms with E-state index < -0.39 is 5.82 Å². The van der Waals surface area contributed by atoms with E-state index in [0.717, 1.165) is 11.0 Å². The molecule has 5 heteroatoms. The lowest BCUT2D eigenvalue weighted by Gasteiger charge is -2.09. The Hall–Kier alpha value is -1.58. The van der Waals surface area contributed by atoms with Gasteiger partial charge >= 0.3 is 0 Å². The second-order valence-electron chi connectivity index (χ2n) is 4.08. The van der Waals surface area contributed by atoms with E-state index in [2.05, 4.69) is 4.98 Å². The first-order valence-electron chi connectivity index (χ1n) is 5.68. The van der Waals surface area contributed by atoms with Gasteiger partial charge in [-0.15, -0.1) is 11.6 Å². The van der Waals surface area contributed by atoms with E-state index in [1.54, 1.807) is 16.7 Å². The maximum atomic E-state index is 14.1. The number of benzene rings is 2. The average Bonchev–Trinajstić information content (AvgIpc) is 2.77. The van der Waals surface area contributed by atoms with Crippen molar-refractivity contribution in [3.8, 4) is 5.69 Å². The van der Waals surface area contributed by atoms with E-state index in [4.69, 9.17) is 23.2 Å². The Kier molecular flexibility index (Phi) is 3.17. The predicted molar refractivity (Wildman–Crippen MR) is 75.6 cm³/mol. The largest absolute Gasteiger partial charge is 0.292 e. The van der Waals surface area contributed by atoms with Crippen LogP contribution in [-0.2, 0) is 5.88 Å². The summed E-state index contributed by atoms with van der Waals surface area (Å²) in [5, 5.41) is 0.359. The van der Waals surface area contributed by atoms with E-state index in [-0.39, 0.29) is 5.88 Å². The van der Waals surface area contributed by atoms with Gasteiger partial charge in [0.1, 0.15) is 11.6 Å². The summed E-state index contributed by atoms with van der Waals surface area (Å²) in [5.41, 5.74) is 2.00. The molecule has 1 aromatic heterocycles. The van der Waals surface area contributed by atoms with Crippen molar-refractivity contribution in [2.45, 2.75) is 5.88 Å². The highest BCUT2D eigenvalue weighted by molar-refractivity contribution is 6.30. The predicted octanol–water partition coefficient (Wildman–Crippen LogP) is 4.56. The highest BCUT2D eigenvalue weighted by atomic mass is 35.5. The van der Waals surface area contributed by atoms with Gasteiger partial charge in [-0.2, -0.15) is 0 Å². The third kappa shape index (κ3) is 2.09. The van der Waals surface area contributed by atoms with Gasteiger partial charge < -0.3 is 0 Å². The number of rotatable bonds is 2. The number of alkyl halides is 1. The summed E-state index contributed by atoms with van der Waals surface area (Å²) in [6, 6.07) is 12.1. The van der Waals surface area contributed by atoms with Crippen LogP contribution >= 0.6 is 23.2 Å². The van der Waals surface area contributed by atoms with Gasteiger partial charge in [0.15, 0.2) is 0 Å². The Balaban J connectivity index is 2.34. The van der Waals surface area contributed by atoms with Crippen LogP contribution in [0.1, 0.15) is 5.82 Å². The molecule has 0 saturated carbocycles. The van der Waals surface area contributed by atoms with E-state index >= 15 is 0 Å². The topological polar surface area (TPSA) is 17.8 Å². The van der Waals surface area contributed by atoms with Crippen molar-refractivity contribution in [1.29, 1.82) is 0 Å². The molecule has 1 heterocycles. The minimum absolute atomic E-state index is 0.205. The molecule has 0 fully saturated rings. The zero-order valence-corrected chi connectivity index (χ0v) is 11.3. The Bertz CT molecular complexity index is 752. The van der Waals surface area contributed by atoms with Gasteiger partial charge in [-0.25, -0.2) is 9.37 Å². The molecule has 0 aliphatic rings. The van der Waals surface area contributed by atoms with Crippen molar-refractivity contribution in [1.82, 2.24) is 9.55 Å². The Labute approximate surface area is 119 Å². The van der Waals surface area contributed by atoms with Crippen LogP contribution in [0, 0.1) is 5.82 Å². The highest BCUT2D eigenvalue weighted by Crippen LogP contribution is 2.25. The Morgan fingerprint density at radius 2 is 1.95 bits per heavy atom. The molecule has 0 saturated heterocycles. The smallest absolute Gasteiger partial charge is 0.148 e. The number of fused-ring (bicyclic) bond motifs is 1. The fourth-order valence-electron chi connectivity index (χ4n) is 2.10. The van der Waals surface area contributed by atoms with Gasteiger partial charge in [0.25, 0.3) is 0 Å². The van der Waals surface area contributed by atoms with Crippen molar-refractivity contribution in [2.24, 2.45) is 0 Å². The minimum atomic E-state index is -0.401. The van der Waals surface area contributed by atoms with E-state index in [0.29, 0.717) is 16.5 Å². The van der Waals surface area contributed by atoms with Crippen LogP contribution < -0.4 is 0 Å². The monoisotopic (exact) mass is 294 g/mol. The molecule has 0 aliphatic heterocycles. The van der Waals surface area contributed by atoms with Crippen LogP contribution in [0.3, 0.4) is 0 Å². The molecule has 0 amide bonds. The molecule has 0 radical (unpaired) electrons. The van der Waals surface area contributed by atoms with Crippen LogP contribution in [0.5, 0.6) is 0 Å². The maximum Gasteiger partial charge on any atom is 0.148 e. The SMILES string of the molecule is Fc1cc(Cl)ccc1-n1c(CCl)nc2ccccc21. The number of hydrogen-bond acceptors (Lipinski definition) is 1. The summed E-state index contributed by atoms with van der Waals surface area (Å²) in [7, 11) is 0. The lowest BCUT2D eigenvalue weighted by Crippen LogP contribution is -2.01. The molecule has 0 bridgehead atoms. The molecule has 0 N–H and O–H groups in total. The molecular formula is C14H9Cl2FN2. The summed E-state index contributed by atoms with van der Waals surface area (Å²) in [6.45, 7) is 0. The minimum Gasteiger partial charge on any atom is -0.292 e. The Morgan fingerprint density at radius 3 is 2.68 bits per heavy atom. The molecule has 2 aromatic carbocycles. The average molecular weight is 295 g/mol. The molecular weight excluding hydrogens is 286 g/mol. The quantitative estimate of drug-likeness (QED) is 0.634. The molecule has 0 aliphatic carbocycles.